The first-order valence-corrected chi connectivity index (χ1v) is 9.01. The second-order valence-electron chi connectivity index (χ2n) is 5.60. The Kier molecular flexibility index (Phi) is 5.08. The summed E-state index contributed by atoms with van der Waals surface area (Å²) in [4.78, 5) is 28.7. The van der Waals surface area contributed by atoms with Crippen molar-refractivity contribution in [3.63, 3.8) is 0 Å². The van der Waals surface area contributed by atoms with Gasteiger partial charge in [0, 0.05) is 34.3 Å². The molecular weight excluding hydrogens is 369 g/mol. The molecule has 0 bridgehead atoms. The number of rotatable bonds is 4. The van der Waals surface area contributed by atoms with Gasteiger partial charge in [0.2, 0.25) is 11.8 Å². The van der Waals surface area contributed by atoms with Crippen LogP contribution >= 0.6 is 34.5 Å². The average molecular weight is 384 g/mol. The molecule has 2 amide bonds. The van der Waals surface area contributed by atoms with E-state index in [2.05, 4.69) is 15.6 Å². The van der Waals surface area contributed by atoms with Crippen LogP contribution in [0.2, 0.25) is 10.0 Å². The number of carbonyl (C=O) groups is 2. The standard InChI is InChI=1S/C16H15Cl2N3O2S/c1-8-15(11-4-2-9(17)6-12(11)18)21-16(24-8)20-14(23)7-10-3-5-13(22)19-10/h2,4,6,10H,3,5,7H2,1H3,(H,19,22)(H,20,21,23)/t10-/m0/s1. The van der Waals surface area contributed by atoms with E-state index in [-0.39, 0.29) is 24.3 Å². The van der Waals surface area contributed by atoms with Crippen molar-refractivity contribution in [1.29, 1.82) is 0 Å². The van der Waals surface area contributed by atoms with Crippen LogP contribution in [0.25, 0.3) is 11.3 Å². The van der Waals surface area contributed by atoms with Gasteiger partial charge in [-0.15, -0.1) is 11.3 Å². The molecule has 0 unspecified atom stereocenters. The van der Waals surface area contributed by atoms with Gasteiger partial charge in [-0.05, 0) is 31.5 Å². The number of nitrogens with one attached hydrogen (secondary N) is 2. The number of anilines is 1. The third-order valence-corrected chi connectivity index (χ3v) is 5.18. The number of aromatic nitrogens is 1. The predicted molar refractivity (Wildman–Crippen MR) is 96.7 cm³/mol. The first-order chi connectivity index (χ1) is 11.4. The Morgan fingerprint density at radius 3 is 2.92 bits per heavy atom. The largest absolute Gasteiger partial charge is 0.353 e. The molecule has 0 saturated carbocycles. The van der Waals surface area contributed by atoms with E-state index >= 15 is 0 Å². The Bertz CT molecular complexity index is 807. The second kappa shape index (κ2) is 7.09. The van der Waals surface area contributed by atoms with Gasteiger partial charge in [-0.2, -0.15) is 0 Å². The Balaban J connectivity index is 1.72. The smallest absolute Gasteiger partial charge is 0.228 e. The van der Waals surface area contributed by atoms with Gasteiger partial charge in [0.1, 0.15) is 0 Å². The van der Waals surface area contributed by atoms with Crippen LogP contribution in [0, 0.1) is 6.92 Å². The van der Waals surface area contributed by atoms with Crippen LogP contribution < -0.4 is 10.6 Å². The average Bonchev–Trinajstić information content (AvgIpc) is 3.05. The van der Waals surface area contributed by atoms with Crippen molar-refractivity contribution in [1.82, 2.24) is 10.3 Å². The fourth-order valence-electron chi connectivity index (χ4n) is 2.61. The van der Waals surface area contributed by atoms with Crippen LogP contribution in [0.15, 0.2) is 18.2 Å². The van der Waals surface area contributed by atoms with Crippen molar-refractivity contribution in [3.8, 4) is 11.3 Å². The molecule has 3 rings (SSSR count). The van der Waals surface area contributed by atoms with Crippen molar-refractivity contribution < 1.29 is 9.59 Å². The van der Waals surface area contributed by atoms with Crippen LogP contribution in [0.1, 0.15) is 24.1 Å². The summed E-state index contributed by atoms with van der Waals surface area (Å²) in [6.45, 7) is 1.92. The topological polar surface area (TPSA) is 71.1 Å². The van der Waals surface area contributed by atoms with E-state index < -0.39 is 0 Å². The molecule has 2 N–H and O–H groups in total. The minimum Gasteiger partial charge on any atom is -0.353 e. The number of hydrogen-bond donors (Lipinski definition) is 2. The molecule has 126 valence electrons. The molecule has 0 aliphatic carbocycles. The summed E-state index contributed by atoms with van der Waals surface area (Å²) in [6.07, 6.45) is 1.42. The SMILES string of the molecule is Cc1sc(NC(=O)C[C@@H]2CCC(=O)N2)nc1-c1ccc(Cl)cc1Cl. The molecule has 2 aromatic rings. The molecule has 1 fully saturated rings. The van der Waals surface area contributed by atoms with Gasteiger partial charge in [0.15, 0.2) is 5.13 Å². The number of thiazole rings is 1. The van der Waals surface area contributed by atoms with Gasteiger partial charge >= 0.3 is 0 Å². The first kappa shape index (κ1) is 17.2. The van der Waals surface area contributed by atoms with Crippen LogP contribution in [0.4, 0.5) is 5.13 Å². The van der Waals surface area contributed by atoms with Crippen LogP contribution in [-0.4, -0.2) is 22.8 Å². The van der Waals surface area contributed by atoms with Crippen molar-refractivity contribution in [2.45, 2.75) is 32.2 Å². The van der Waals surface area contributed by atoms with E-state index in [0.29, 0.717) is 28.0 Å². The molecule has 1 atom stereocenters. The Morgan fingerprint density at radius 2 is 2.25 bits per heavy atom. The molecule has 1 aliphatic rings. The number of halogens is 2. The summed E-state index contributed by atoms with van der Waals surface area (Å²) >= 11 is 13.5. The van der Waals surface area contributed by atoms with Crippen LogP contribution in [-0.2, 0) is 9.59 Å². The number of amides is 2. The highest BCUT2D eigenvalue weighted by molar-refractivity contribution is 7.16. The number of hydrogen-bond acceptors (Lipinski definition) is 4. The normalized spacial score (nSPS) is 17.0. The van der Waals surface area contributed by atoms with Crippen molar-refractivity contribution in [3.05, 3.63) is 33.1 Å². The highest BCUT2D eigenvalue weighted by Crippen LogP contribution is 2.35. The number of aryl methyl sites for hydroxylation is 1. The zero-order valence-corrected chi connectivity index (χ0v) is 15.2. The first-order valence-electron chi connectivity index (χ1n) is 7.44. The molecule has 8 heteroatoms. The second-order valence-corrected chi connectivity index (χ2v) is 7.65. The lowest BCUT2D eigenvalue weighted by Crippen LogP contribution is -2.29. The Morgan fingerprint density at radius 1 is 1.46 bits per heavy atom. The number of benzene rings is 1. The van der Waals surface area contributed by atoms with E-state index in [1.165, 1.54) is 11.3 Å². The zero-order valence-electron chi connectivity index (χ0n) is 12.9. The monoisotopic (exact) mass is 383 g/mol. The molecular formula is C16H15Cl2N3O2S. The molecule has 0 spiro atoms. The fraction of sp³-hybridized carbons (Fsp3) is 0.312. The van der Waals surface area contributed by atoms with Gasteiger partial charge in [-0.25, -0.2) is 4.98 Å². The molecule has 24 heavy (non-hydrogen) atoms. The maximum absolute atomic E-state index is 12.1. The predicted octanol–water partition coefficient (Wildman–Crippen LogP) is 4.03. The maximum Gasteiger partial charge on any atom is 0.228 e. The van der Waals surface area contributed by atoms with Gasteiger partial charge in [-0.3, -0.25) is 9.59 Å². The molecule has 1 aromatic carbocycles. The highest BCUT2D eigenvalue weighted by Gasteiger charge is 2.23. The summed E-state index contributed by atoms with van der Waals surface area (Å²) in [5, 5.41) is 7.16. The third-order valence-electron chi connectivity index (χ3n) is 3.75. The van der Waals surface area contributed by atoms with E-state index in [0.717, 1.165) is 16.1 Å². The van der Waals surface area contributed by atoms with E-state index in [1.54, 1.807) is 12.1 Å². The zero-order chi connectivity index (χ0) is 17.3. The van der Waals surface area contributed by atoms with Gasteiger partial charge < -0.3 is 10.6 Å². The van der Waals surface area contributed by atoms with E-state index in [9.17, 15) is 9.59 Å². The summed E-state index contributed by atoms with van der Waals surface area (Å²) in [5.74, 6) is -0.165. The van der Waals surface area contributed by atoms with Gasteiger partial charge in [0.25, 0.3) is 0 Å². The van der Waals surface area contributed by atoms with Crippen LogP contribution in [0.3, 0.4) is 0 Å². The molecule has 1 aromatic heterocycles. The summed E-state index contributed by atoms with van der Waals surface area (Å²) < 4.78 is 0. The maximum atomic E-state index is 12.1. The third kappa shape index (κ3) is 3.88. The minimum atomic E-state index is -0.162. The molecule has 1 saturated heterocycles. The van der Waals surface area contributed by atoms with Gasteiger partial charge in [-0.1, -0.05) is 23.2 Å². The van der Waals surface area contributed by atoms with Gasteiger partial charge in [0.05, 0.1) is 10.7 Å². The highest BCUT2D eigenvalue weighted by atomic mass is 35.5. The Labute approximate surface area is 153 Å². The number of nitrogens with zero attached hydrogens (tertiary/aromatic N) is 1. The summed E-state index contributed by atoms with van der Waals surface area (Å²) in [7, 11) is 0. The molecule has 2 heterocycles. The molecule has 5 nitrogen and oxygen atoms in total. The lowest BCUT2D eigenvalue weighted by Gasteiger charge is -2.08. The fourth-order valence-corrected chi connectivity index (χ4v) is 3.95. The lowest BCUT2D eigenvalue weighted by molar-refractivity contribution is -0.119. The number of carbonyl (C=O) groups excluding carboxylic acids is 2. The van der Waals surface area contributed by atoms with Crippen molar-refractivity contribution in [2.24, 2.45) is 0 Å². The molecule has 1 aliphatic heterocycles. The summed E-state index contributed by atoms with van der Waals surface area (Å²) in [5.41, 5.74) is 1.50. The van der Waals surface area contributed by atoms with Crippen molar-refractivity contribution in [2.75, 3.05) is 5.32 Å². The quantitative estimate of drug-likeness (QED) is 0.836. The Hall–Kier alpha value is -1.63. The molecule has 0 radical (unpaired) electrons. The minimum absolute atomic E-state index is 0.00226. The van der Waals surface area contributed by atoms with Crippen molar-refractivity contribution >= 4 is 51.5 Å². The summed E-state index contributed by atoms with van der Waals surface area (Å²) in [6, 6.07) is 5.14. The van der Waals surface area contributed by atoms with Crippen LogP contribution in [0.5, 0.6) is 0 Å². The van der Waals surface area contributed by atoms with E-state index in [4.69, 9.17) is 23.2 Å². The lowest BCUT2D eigenvalue weighted by atomic mass is 10.1. The van der Waals surface area contributed by atoms with E-state index in [1.807, 2.05) is 13.0 Å².